The standard InChI is InChI=1S/C12H18BClN2O/c1-8-6-9(7-10(14)15-8)13-16-11(2,3)12(4,5)17-13/h6-7,16H,1-5H3. The van der Waals surface area contributed by atoms with Gasteiger partial charge in [0, 0.05) is 11.2 Å². The van der Waals surface area contributed by atoms with Gasteiger partial charge in [-0.15, -0.1) is 0 Å². The van der Waals surface area contributed by atoms with Crippen molar-refractivity contribution in [3.05, 3.63) is 23.0 Å². The molecule has 0 aromatic carbocycles. The average molecular weight is 253 g/mol. The zero-order valence-electron chi connectivity index (χ0n) is 11.0. The Balaban J connectivity index is 2.32. The first-order valence-corrected chi connectivity index (χ1v) is 6.19. The van der Waals surface area contributed by atoms with Gasteiger partial charge in [-0.25, -0.2) is 4.98 Å². The summed E-state index contributed by atoms with van der Waals surface area (Å²) < 4.78 is 6.06. The molecule has 1 aromatic rings. The van der Waals surface area contributed by atoms with Crippen LogP contribution in [-0.2, 0) is 4.65 Å². The predicted octanol–water partition coefficient (Wildman–Crippen LogP) is 1.92. The third-order valence-corrected chi connectivity index (χ3v) is 3.85. The van der Waals surface area contributed by atoms with Gasteiger partial charge in [0.1, 0.15) is 5.15 Å². The van der Waals surface area contributed by atoms with Gasteiger partial charge in [0.2, 0.25) is 0 Å². The van der Waals surface area contributed by atoms with Gasteiger partial charge in [-0.05, 0) is 52.2 Å². The van der Waals surface area contributed by atoms with Crippen molar-refractivity contribution < 1.29 is 4.65 Å². The van der Waals surface area contributed by atoms with Crippen LogP contribution in [0.25, 0.3) is 0 Å². The fourth-order valence-electron chi connectivity index (χ4n) is 1.93. The predicted molar refractivity (Wildman–Crippen MR) is 71.8 cm³/mol. The number of halogens is 1. The molecule has 1 aliphatic heterocycles. The van der Waals surface area contributed by atoms with Crippen LogP contribution in [0.1, 0.15) is 33.4 Å². The number of rotatable bonds is 1. The van der Waals surface area contributed by atoms with E-state index in [9.17, 15) is 0 Å². The summed E-state index contributed by atoms with van der Waals surface area (Å²) in [4.78, 5) is 4.16. The van der Waals surface area contributed by atoms with Gasteiger partial charge >= 0.3 is 7.05 Å². The molecule has 3 nitrogen and oxygen atoms in total. The molecule has 2 heterocycles. The summed E-state index contributed by atoms with van der Waals surface area (Å²) in [6, 6.07) is 3.85. The first-order chi connectivity index (χ1) is 7.71. The first kappa shape index (κ1) is 12.9. The number of aryl methyl sites for hydroxylation is 1. The molecule has 1 saturated heterocycles. The minimum atomic E-state index is -0.221. The Bertz CT molecular complexity index is 412. The van der Waals surface area contributed by atoms with Crippen LogP contribution >= 0.6 is 11.6 Å². The van der Waals surface area contributed by atoms with Crippen LogP contribution in [0.2, 0.25) is 5.15 Å². The molecule has 17 heavy (non-hydrogen) atoms. The Morgan fingerprint density at radius 3 is 2.41 bits per heavy atom. The van der Waals surface area contributed by atoms with E-state index in [0.29, 0.717) is 5.15 Å². The van der Waals surface area contributed by atoms with E-state index in [1.807, 2.05) is 19.1 Å². The summed E-state index contributed by atoms with van der Waals surface area (Å²) in [5.41, 5.74) is 1.63. The summed E-state index contributed by atoms with van der Waals surface area (Å²) >= 11 is 5.98. The lowest BCUT2D eigenvalue weighted by Crippen LogP contribution is -2.51. The molecule has 0 atom stereocenters. The monoisotopic (exact) mass is 252 g/mol. The molecule has 0 spiro atoms. The molecule has 1 aliphatic rings. The molecule has 1 aromatic heterocycles. The van der Waals surface area contributed by atoms with Crippen LogP contribution in [0, 0.1) is 6.92 Å². The van der Waals surface area contributed by atoms with Gasteiger partial charge < -0.3 is 9.88 Å². The molecule has 2 rings (SSSR count). The van der Waals surface area contributed by atoms with Crippen molar-refractivity contribution >= 4 is 24.1 Å². The molecule has 1 N–H and O–H groups in total. The molecule has 5 heteroatoms. The SMILES string of the molecule is Cc1cc(B2NC(C)(C)C(C)(C)O2)cc(Cl)n1. The van der Waals surface area contributed by atoms with Gasteiger partial charge in [-0.3, -0.25) is 0 Å². The molecule has 1 fully saturated rings. The van der Waals surface area contributed by atoms with Gasteiger partial charge in [-0.1, -0.05) is 11.6 Å². The van der Waals surface area contributed by atoms with Crippen molar-refractivity contribution in [2.75, 3.05) is 0 Å². The second-order valence-corrected chi connectivity index (χ2v) is 6.03. The molecular weight excluding hydrogens is 234 g/mol. The average Bonchev–Trinajstić information content (AvgIpc) is 2.34. The van der Waals surface area contributed by atoms with Crippen molar-refractivity contribution in [1.29, 1.82) is 0 Å². The van der Waals surface area contributed by atoms with Crippen molar-refractivity contribution in [2.45, 2.75) is 45.8 Å². The van der Waals surface area contributed by atoms with Gasteiger partial charge in [-0.2, -0.15) is 0 Å². The van der Waals surface area contributed by atoms with Crippen molar-refractivity contribution in [3.8, 4) is 0 Å². The van der Waals surface area contributed by atoms with Crippen LogP contribution in [0.3, 0.4) is 0 Å². The molecule has 0 bridgehead atoms. The zero-order valence-corrected chi connectivity index (χ0v) is 11.7. The summed E-state index contributed by atoms with van der Waals surface area (Å²) in [5.74, 6) is 0. The van der Waals surface area contributed by atoms with E-state index >= 15 is 0 Å². The molecule has 0 saturated carbocycles. The van der Waals surface area contributed by atoms with Crippen LogP contribution in [0.5, 0.6) is 0 Å². The molecular formula is C12H18BClN2O. The minimum absolute atomic E-state index is 0.0820. The molecule has 92 valence electrons. The van der Waals surface area contributed by atoms with E-state index in [2.05, 4.69) is 37.9 Å². The fourth-order valence-corrected chi connectivity index (χ4v) is 2.19. The lowest BCUT2D eigenvalue weighted by molar-refractivity contribution is 0.0750. The van der Waals surface area contributed by atoms with Crippen LogP contribution in [0.15, 0.2) is 12.1 Å². The number of nitrogens with zero attached hydrogens (tertiary/aromatic N) is 1. The number of hydrogen-bond acceptors (Lipinski definition) is 3. The maximum atomic E-state index is 6.06. The third kappa shape index (κ3) is 2.35. The number of pyridine rings is 1. The van der Waals surface area contributed by atoms with Crippen LogP contribution in [-0.4, -0.2) is 23.2 Å². The number of hydrogen-bond donors (Lipinski definition) is 1. The van der Waals surface area contributed by atoms with E-state index in [1.165, 1.54) is 0 Å². The normalized spacial score (nSPS) is 21.9. The molecule has 0 radical (unpaired) electrons. The van der Waals surface area contributed by atoms with Gasteiger partial charge in [0.05, 0.1) is 5.60 Å². The lowest BCUT2D eigenvalue weighted by Gasteiger charge is -2.33. The highest BCUT2D eigenvalue weighted by molar-refractivity contribution is 6.66. The molecule has 0 unspecified atom stereocenters. The van der Waals surface area contributed by atoms with Crippen molar-refractivity contribution in [2.24, 2.45) is 0 Å². The quantitative estimate of drug-likeness (QED) is 0.612. The fraction of sp³-hybridized carbons (Fsp3) is 0.583. The molecule has 0 amide bonds. The van der Waals surface area contributed by atoms with Crippen LogP contribution in [0.4, 0.5) is 0 Å². The second-order valence-electron chi connectivity index (χ2n) is 5.64. The maximum Gasteiger partial charge on any atom is 0.416 e. The second kappa shape index (κ2) is 3.97. The van der Waals surface area contributed by atoms with E-state index in [0.717, 1.165) is 11.2 Å². The van der Waals surface area contributed by atoms with E-state index in [4.69, 9.17) is 16.3 Å². The zero-order chi connectivity index (χ0) is 12.8. The summed E-state index contributed by atoms with van der Waals surface area (Å²) in [5, 5.41) is 3.99. The maximum absolute atomic E-state index is 6.06. The van der Waals surface area contributed by atoms with Gasteiger partial charge in [0.25, 0.3) is 0 Å². The summed E-state index contributed by atoms with van der Waals surface area (Å²) in [6.07, 6.45) is 0. The van der Waals surface area contributed by atoms with E-state index < -0.39 is 0 Å². The largest absolute Gasteiger partial charge is 0.416 e. The van der Waals surface area contributed by atoms with Crippen molar-refractivity contribution in [3.63, 3.8) is 0 Å². The Morgan fingerprint density at radius 1 is 1.29 bits per heavy atom. The lowest BCUT2D eigenvalue weighted by atomic mass is 9.73. The van der Waals surface area contributed by atoms with Crippen molar-refractivity contribution in [1.82, 2.24) is 10.2 Å². The molecule has 0 aliphatic carbocycles. The topological polar surface area (TPSA) is 34.1 Å². The minimum Gasteiger partial charge on any atom is -0.411 e. The Hall–Kier alpha value is -0.575. The smallest absolute Gasteiger partial charge is 0.411 e. The van der Waals surface area contributed by atoms with Gasteiger partial charge in [0.15, 0.2) is 0 Å². The Labute approximate surface area is 108 Å². The van der Waals surface area contributed by atoms with Crippen LogP contribution < -0.4 is 10.7 Å². The first-order valence-electron chi connectivity index (χ1n) is 5.81. The summed E-state index contributed by atoms with van der Waals surface area (Å²) in [6.45, 7) is 10.4. The highest BCUT2D eigenvalue weighted by atomic mass is 35.5. The van der Waals surface area contributed by atoms with E-state index in [1.54, 1.807) is 0 Å². The van der Waals surface area contributed by atoms with E-state index in [-0.39, 0.29) is 18.2 Å². The number of nitrogens with one attached hydrogen (secondary N) is 1. The third-order valence-electron chi connectivity index (χ3n) is 3.66. The Morgan fingerprint density at radius 2 is 1.94 bits per heavy atom. The Kier molecular flexibility index (Phi) is 3.01. The highest BCUT2D eigenvalue weighted by Gasteiger charge is 2.49. The highest BCUT2D eigenvalue weighted by Crippen LogP contribution is 2.31. The number of aromatic nitrogens is 1. The summed E-state index contributed by atoms with van der Waals surface area (Å²) in [7, 11) is -0.126.